The van der Waals surface area contributed by atoms with Crippen molar-refractivity contribution >= 4 is 0 Å². The van der Waals surface area contributed by atoms with Crippen LogP contribution in [0.5, 0.6) is 5.75 Å². The van der Waals surface area contributed by atoms with Crippen LogP contribution in [-0.2, 0) is 5.41 Å². The molecular formula is C14H23NO. The summed E-state index contributed by atoms with van der Waals surface area (Å²) in [7, 11) is 0. The van der Waals surface area contributed by atoms with Crippen molar-refractivity contribution in [1.82, 2.24) is 0 Å². The minimum absolute atomic E-state index is 0.143. The Balaban J connectivity index is 2.96. The van der Waals surface area contributed by atoms with Crippen molar-refractivity contribution in [3.8, 4) is 5.75 Å². The van der Waals surface area contributed by atoms with E-state index in [1.54, 1.807) is 0 Å². The second kappa shape index (κ2) is 5.35. The zero-order chi connectivity index (χ0) is 12.2. The van der Waals surface area contributed by atoms with Crippen LogP contribution in [0.1, 0.15) is 38.3 Å². The van der Waals surface area contributed by atoms with Crippen molar-refractivity contribution in [2.75, 3.05) is 13.2 Å². The van der Waals surface area contributed by atoms with Gasteiger partial charge >= 0.3 is 0 Å². The maximum Gasteiger partial charge on any atom is 0.122 e. The SMILES string of the molecule is CCOc1ccc(C(C)(C)CCN)cc1C. The second-order valence-electron chi connectivity index (χ2n) is 4.84. The Bertz CT molecular complexity index is 345. The average Bonchev–Trinajstić information content (AvgIpc) is 2.21. The molecule has 1 aromatic rings. The summed E-state index contributed by atoms with van der Waals surface area (Å²) in [4.78, 5) is 0. The first-order valence-electron chi connectivity index (χ1n) is 5.95. The fourth-order valence-corrected chi connectivity index (χ4v) is 1.89. The molecule has 0 atom stereocenters. The summed E-state index contributed by atoms with van der Waals surface area (Å²) < 4.78 is 5.54. The summed E-state index contributed by atoms with van der Waals surface area (Å²) in [6, 6.07) is 6.42. The van der Waals surface area contributed by atoms with Gasteiger partial charge in [0.25, 0.3) is 0 Å². The first kappa shape index (κ1) is 13.0. The summed E-state index contributed by atoms with van der Waals surface area (Å²) in [5.41, 5.74) is 8.32. The lowest BCUT2D eigenvalue weighted by Gasteiger charge is -2.25. The van der Waals surface area contributed by atoms with E-state index in [0.717, 1.165) is 18.7 Å². The lowest BCUT2D eigenvalue weighted by molar-refractivity contribution is 0.337. The molecule has 0 saturated heterocycles. The van der Waals surface area contributed by atoms with Gasteiger partial charge in [-0.1, -0.05) is 26.0 Å². The van der Waals surface area contributed by atoms with Gasteiger partial charge in [0.1, 0.15) is 5.75 Å². The zero-order valence-corrected chi connectivity index (χ0v) is 10.8. The van der Waals surface area contributed by atoms with Crippen molar-refractivity contribution in [2.45, 2.75) is 39.5 Å². The molecule has 0 unspecified atom stereocenters. The summed E-state index contributed by atoms with van der Waals surface area (Å²) in [5, 5.41) is 0. The van der Waals surface area contributed by atoms with E-state index in [1.165, 1.54) is 11.1 Å². The molecule has 0 fully saturated rings. The Kier molecular flexibility index (Phi) is 4.36. The van der Waals surface area contributed by atoms with Crippen molar-refractivity contribution in [3.05, 3.63) is 29.3 Å². The van der Waals surface area contributed by atoms with E-state index in [1.807, 2.05) is 6.92 Å². The van der Waals surface area contributed by atoms with Gasteiger partial charge in [0.05, 0.1) is 6.61 Å². The monoisotopic (exact) mass is 221 g/mol. The molecule has 0 saturated carbocycles. The summed E-state index contributed by atoms with van der Waals surface area (Å²) in [6.45, 7) is 9.99. The summed E-state index contributed by atoms with van der Waals surface area (Å²) >= 11 is 0. The van der Waals surface area contributed by atoms with Gasteiger partial charge in [-0.3, -0.25) is 0 Å². The van der Waals surface area contributed by atoms with E-state index >= 15 is 0 Å². The minimum atomic E-state index is 0.143. The first-order chi connectivity index (χ1) is 7.51. The Labute approximate surface area is 98.8 Å². The van der Waals surface area contributed by atoms with Gasteiger partial charge in [-0.25, -0.2) is 0 Å². The Morgan fingerprint density at radius 2 is 2.00 bits per heavy atom. The Morgan fingerprint density at radius 3 is 2.50 bits per heavy atom. The van der Waals surface area contributed by atoms with Gasteiger partial charge in [-0.2, -0.15) is 0 Å². The number of ether oxygens (including phenoxy) is 1. The number of nitrogens with two attached hydrogens (primary N) is 1. The van der Waals surface area contributed by atoms with Crippen LogP contribution < -0.4 is 10.5 Å². The lowest BCUT2D eigenvalue weighted by atomic mass is 9.81. The van der Waals surface area contributed by atoms with E-state index < -0.39 is 0 Å². The van der Waals surface area contributed by atoms with Crippen LogP contribution in [-0.4, -0.2) is 13.2 Å². The molecule has 2 N–H and O–H groups in total. The van der Waals surface area contributed by atoms with Crippen LogP contribution in [0.2, 0.25) is 0 Å². The standard InChI is InChI=1S/C14H23NO/c1-5-16-13-7-6-12(10-11(13)2)14(3,4)8-9-15/h6-7,10H,5,8-9,15H2,1-4H3. The molecule has 1 aromatic carbocycles. The molecular weight excluding hydrogens is 198 g/mol. The first-order valence-corrected chi connectivity index (χ1v) is 5.95. The number of benzene rings is 1. The number of rotatable bonds is 5. The van der Waals surface area contributed by atoms with Crippen LogP contribution >= 0.6 is 0 Å². The summed E-state index contributed by atoms with van der Waals surface area (Å²) in [5.74, 6) is 0.981. The van der Waals surface area contributed by atoms with Gasteiger partial charge in [-0.05, 0) is 49.4 Å². The van der Waals surface area contributed by atoms with E-state index in [0.29, 0.717) is 6.61 Å². The molecule has 1 rings (SSSR count). The van der Waals surface area contributed by atoms with E-state index in [-0.39, 0.29) is 5.41 Å². The molecule has 0 aliphatic carbocycles. The molecule has 2 nitrogen and oxygen atoms in total. The molecule has 2 heteroatoms. The highest BCUT2D eigenvalue weighted by atomic mass is 16.5. The molecule has 0 aromatic heterocycles. The van der Waals surface area contributed by atoms with Gasteiger partial charge in [0.15, 0.2) is 0 Å². The maximum absolute atomic E-state index is 5.64. The van der Waals surface area contributed by atoms with Gasteiger partial charge in [-0.15, -0.1) is 0 Å². The molecule has 0 bridgehead atoms. The summed E-state index contributed by atoms with van der Waals surface area (Å²) in [6.07, 6.45) is 1.00. The fraction of sp³-hybridized carbons (Fsp3) is 0.571. The van der Waals surface area contributed by atoms with Crippen LogP contribution in [0.15, 0.2) is 18.2 Å². The number of hydrogen-bond acceptors (Lipinski definition) is 2. The van der Waals surface area contributed by atoms with E-state index in [2.05, 4.69) is 39.0 Å². The topological polar surface area (TPSA) is 35.2 Å². The maximum atomic E-state index is 5.64. The number of aryl methyl sites for hydroxylation is 1. The molecule has 0 radical (unpaired) electrons. The third-order valence-electron chi connectivity index (χ3n) is 3.03. The number of hydrogen-bond donors (Lipinski definition) is 1. The minimum Gasteiger partial charge on any atom is -0.494 e. The Hall–Kier alpha value is -1.02. The molecule has 0 aliphatic heterocycles. The lowest BCUT2D eigenvalue weighted by Crippen LogP contribution is -2.21. The highest BCUT2D eigenvalue weighted by Gasteiger charge is 2.20. The van der Waals surface area contributed by atoms with Crippen LogP contribution in [0.4, 0.5) is 0 Å². The highest BCUT2D eigenvalue weighted by Crippen LogP contribution is 2.30. The van der Waals surface area contributed by atoms with Gasteiger partial charge in [0, 0.05) is 0 Å². The van der Waals surface area contributed by atoms with Crippen molar-refractivity contribution < 1.29 is 4.74 Å². The Morgan fingerprint density at radius 1 is 1.31 bits per heavy atom. The molecule has 90 valence electrons. The predicted molar refractivity (Wildman–Crippen MR) is 69.0 cm³/mol. The molecule has 0 heterocycles. The van der Waals surface area contributed by atoms with Crippen LogP contribution in [0.25, 0.3) is 0 Å². The van der Waals surface area contributed by atoms with E-state index in [9.17, 15) is 0 Å². The quantitative estimate of drug-likeness (QED) is 0.829. The average molecular weight is 221 g/mol. The van der Waals surface area contributed by atoms with Crippen molar-refractivity contribution in [3.63, 3.8) is 0 Å². The normalized spacial score (nSPS) is 11.6. The van der Waals surface area contributed by atoms with Crippen molar-refractivity contribution in [1.29, 1.82) is 0 Å². The third-order valence-corrected chi connectivity index (χ3v) is 3.03. The van der Waals surface area contributed by atoms with Gasteiger partial charge < -0.3 is 10.5 Å². The fourth-order valence-electron chi connectivity index (χ4n) is 1.89. The molecule has 0 aliphatic rings. The molecule has 0 amide bonds. The zero-order valence-electron chi connectivity index (χ0n) is 10.8. The van der Waals surface area contributed by atoms with Crippen LogP contribution in [0, 0.1) is 6.92 Å². The molecule has 0 spiro atoms. The second-order valence-corrected chi connectivity index (χ2v) is 4.84. The predicted octanol–water partition coefficient (Wildman–Crippen LogP) is 3.02. The van der Waals surface area contributed by atoms with E-state index in [4.69, 9.17) is 10.5 Å². The largest absolute Gasteiger partial charge is 0.494 e. The van der Waals surface area contributed by atoms with Crippen LogP contribution in [0.3, 0.4) is 0 Å². The van der Waals surface area contributed by atoms with Gasteiger partial charge in [0.2, 0.25) is 0 Å². The molecule has 16 heavy (non-hydrogen) atoms. The smallest absolute Gasteiger partial charge is 0.122 e. The highest BCUT2D eigenvalue weighted by molar-refractivity contribution is 5.39. The third kappa shape index (κ3) is 2.99. The van der Waals surface area contributed by atoms with Crippen molar-refractivity contribution in [2.24, 2.45) is 5.73 Å².